The van der Waals surface area contributed by atoms with Crippen LogP contribution in [-0.4, -0.2) is 29.9 Å². The summed E-state index contributed by atoms with van der Waals surface area (Å²) in [4.78, 5) is 24.8. The lowest BCUT2D eigenvalue weighted by Crippen LogP contribution is -2.12. The van der Waals surface area contributed by atoms with Crippen LogP contribution in [0.15, 0.2) is 192 Å². The Labute approximate surface area is 752 Å². The third-order valence-corrected chi connectivity index (χ3v) is 20.1. The van der Waals surface area contributed by atoms with Gasteiger partial charge in [0.25, 0.3) is 0 Å². The third kappa shape index (κ3) is 63.2. The number of imidazole rings is 1. The second kappa shape index (κ2) is 90.0. The van der Waals surface area contributed by atoms with E-state index in [1.807, 2.05) is 236 Å². The number of benzene rings is 4. The first-order valence-electron chi connectivity index (χ1n) is 48.5. The highest BCUT2D eigenvalue weighted by atomic mass is 32.1. The molecule has 5 heterocycles. The number of aromatic amines is 1. The van der Waals surface area contributed by atoms with E-state index in [2.05, 4.69) is 247 Å². The Morgan fingerprint density at radius 1 is 0.375 bits per heavy atom. The minimum atomic E-state index is 0. The minimum Gasteiger partial charge on any atom is -0.440 e. The number of nitrogens with one attached hydrogen (secondary N) is 1. The number of pyridine rings is 2. The quantitative estimate of drug-likeness (QED) is 0.137. The topological polar surface area (TPSA) is 93.4 Å². The average Bonchev–Trinajstić information content (AvgIpc) is 1.71. The molecular formula is C112H198N6OS. The van der Waals surface area contributed by atoms with Crippen molar-refractivity contribution in [1.29, 1.82) is 0 Å². The number of para-hydroxylation sites is 5. The van der Waals surface area contributed by atoms with Crippen LogP contribution in [0.3, 0.4) is 0 Å². The van der Waals surface area contributed by atoms with E-state index in [1.165, 1.54) is 117 Å². The van der Waals surface area contributed by atoms with E-state index < -0.39 is 0 Å². The van der Waals surface area contributed by atoms with Gasteiger partial charge in [-0.1, -0.05) is 431 Å². The van der Waals surface area contributed by atoms with Crippen molar-refractivity contribution in [2.45, 2.75) is 416 Å². The zero-order chi connectivity index (χ0) is 92.5. The first-order valence-corrected chi connectivity index (χ1v) is 49.3. The molecule has 120 heavy (non-hydrogen) atoms. The molecule has 4 aliphatic rings. The minimum absolute atomic E-state index is 0. The van der Waals surface area contributed by atoms with Crippen LogP contribution >= 0.6 is 11.3 Å². The normalized spacial score (nSPS) is 13.5. The fraction of sp³-hybridized carbons (Fsp3) is 0.616. The largest absolute Gasteiger partial charge is 0.440 e. The summed E-state index contributed by atoms with van der Waals surface area (Å²) in [5.74, 6) is 11.4. The van der Waals surface area contributed by atoms with Gasteiger partial charge in [-0.2, -0.15) is 0 Å². The summed E-state index contributed by atoms with van der Waals surface area (Å²) in [5, 5.41) is 1.23. The van der Waals surface area contributed by atoms with Crippen LogP contribution in [0.5, 0.6) is 0 Å². The van der Waals surface area contributed by atoms with Gasteiger partial charge in [0.1, 0.15) is 11.3 Å². The number of hydrogen-bond acceptors (Lipinski definition) is 7. The van der Waals surface area contributed by atoms with Crippen molar-refractivity contribution in [2.24, 2.45) is 41.4 Å². The summed E-state index contributed by atoms with van der Waals surface area (Å²) in [6.07, 6.45) is 38.4. The van der Waals surface area contributed by atoms with Crippen LogP contribution in [0.25, 0.3) is 32.3 Å². The first-order chi connectivity index (χ1) is 57.4. The fourth-order valence-corrected chi connectivity index (χ4v) is 12.8. The number of allylic oxidation sites excluding steroid dienone is 6. The van der Waals surface area contributed by atoms with Crippen molar-refractivity contribution in [3.63, 3.8) is 0 Å². The van der Waals surface area contributed by atoms with Gasteiger partial charge in [0.2, 0.25) is 0 Å². The molecule has 9 aromatic rings. The Bertz CT molecular complexity index is 3170. The first kappa shape index (κ1) is 129. The third-order valence-electron chi connectivity index (χ3n) is 18.7. The van der Waals surface area contributed by atoms with E-state index in [-0.39, 0.29) is 7.43 Å². The molecule has 688 valence electrons. The molecule has 2 unspecified atom stereocenters. The van der Waals surface area contributed by atoms with E-state index >= 15 is 0 Å². The van der Waals surface area contributed by atoms with Crippen molar-refractivity contribution < 1.29 is 4.42 Å². The molecule has 5 aromatic heterocycles. The van der Waals surface area contributed by atoms with Crippen LogP contribution in [-0.2, 0) is 0 Å². The maximum atomic E-state index is 5.52. The molecule has 4 aliphatic carbocycles. The van der Waals surface area contributed by atoms with Gasteiger partial charge in [-0.05, 0) is 189 Å². The van der Waals surface area contributed by atoms with E-state index in [4.69, 9.17) is 4.42 Å². The van der Waals surface area contributed by atoms with Crippen molar-refractivity contribution in [1.82, 2.24) is 29.9 Å². The summed E-state index contributed by atoms with van der Waals surface area (Å²) in [6, 6.07) is 44.8. The predicted molar refractivity (Wildman–Crippen MR) is 555 cm³/mol. The number of fused-ring (bicyclic) bond motifs is 3. The van der Waals surface area contributed by atoms with Crippen molar-refractivity contribution in [2.75, 3.05) is 0 Å². The molecule has 0 bridgehead atoms. The van der Waals surface area contributed by atoms with E-state index in [1.54, 1.807) is 23.1 Å². The van der Waals surface area contributed by atoms with Gasteiger partial charge in [-0.25, -0.2) is 15.0 Å². The molecule has 0 aliphatic heterocycles. The van der Waals surface area contributed by atoms with Crippen LogP contribution in [0.2, 0.25) is 0 Å². The molecule has 2 atom stereocenters. The highest BCUT2D eigenvalue weighted by Gasteiger charge is 2.17. The second-order valence-electron chi connectivity index (χ2n) is 30.4. The smallest absolute Gasteiger partial charge is 0.198 e. The van der Waals surface area contributed by atoms with Gasteiger partial charge in [-0.15, -0.1) is 11.3 Å². The Hall–Kier alpha value is -6.77. The van der Waals surface area contributed by atoms with Crippen LogP contribution in [0, 0.1) is 41.4 Å². The summed E-state index contributed by atoms with van der Waals surface area (Å²) < 4.78 is 6.81. The molecule has 7 nitrogen and oxygen atoms in total. The van der Waals surface area contributed by atoms with Gasteiger partial charge in [0, 0.05) is 42.0 Å². The Balaban J connectivity index is -0.000000189. The number of rotatable bonds is 10. The van der Waals surface area contributed by atoms with E-state index in [9.17, 15) is 0 Å². The predicted octanol–water partition coefficient (Wildman–Crippen LogP) is 39.5. The fourth-order valence-electron chi connectivity index (χ4n) is 11.8. The molecule has 8 heteroatoms. The molecule has 0 radical (unpaired) electrons. The van der Waals surface area contributed by atoms with Gasteiger partial charge < -0.3 is 9.40 Å². The summed E-state index contributed by atoms with van der Waals surface area (Å²) in [5.41, 5.74) is 10.7. The number of thiazole rings is 1. The maximum absolute atomic E-state index is 5.52. The number of nitrogens with zero attached hydrogens (tertiary/aromatic N) is 5. The van der Waals surface area contributed by atoms with Crippen molar-refractivity contribution in [3.05, 3.63) is 222 Å². The van der Waals surface area contributed by atoms with Gasteiger partial charge in [0.05, 0.1) is 26.3 Å². The van der Waals surface area contributed by atoms with E-state index in [0.29, 0.717) is 35.5 Å². The monoisotopic (exact) mass is 1680 g/mol. The highest BCUT2D eigenvalue weighted by molar-refractivity contribution is 7.18. The molecule has 1 N–H and O–H groups in total. The van der Waals surface area contributed by atoms with Gasteiger partial charge >= 0.3 is 0 Å². The van der Waals surface area contributed by atoms with Crippen molar-refractivity contribution >= 4 is 43.7 Å². The zero-order valence-corrected chi connectivity index (χ0v) is 86.3. The second-order valence-corrected chi connectivity index (χ2v) is 31.5. The number of oxazole rings is 1. The van der Waals surface area contributed by atoms with E-state index in [0.717, 1.165) is 86.5 Å². The molecule has 4 aromatic carbocycles. The standard InChI is InChI=1S/C10H12N2.C10H11NO.C10H11NS.C9H18.3C9H16.C9H12.2C8H11N.10C2H6.CH4/c3*1-7(2)10-11-8-5-3-4-6-9(8)12-10;5*1-8(2)9-6-4-3-5-7-9;1-7(2)8-4-3-5-9-6-8;1-7(2)8-5-3-4-6-9-8;10*1-2;/h3-7H,1-2H3,(H,11,12);2*3-7H,1-2H3;8-9H,3-7H2,1-2H3;6,8H,3-5,7H2,1-2H3;4,6,8-9H,3,5,7H2,1-2H3;3-4,8-9H,5-7H2,1-2H3;3-8H,1-2H3;2*3-7H,1-2H3;10*1-2H3;1H4. The highest BCUT2D eigenvalue weighted by Crippen LogP contribution is 2.31. The van der Waals surface area contributed by atoms with Crippen LogP contribution < -0.4 is 0 Å². The lowest BCUT2D eigenvalue weighted by molar-refractivity contribution is 0.279. The molecule has 0 saturated heterocycles. The van der Waals surface area contributed by atoms with Gasteiger partial charge in [0.15, 0.2) is 11.5 Å². The van der Waals surface area contributed by atoms with Gasteiger partial charge in [-0.3, -0.25) is 9.97 Å². The maximum Gasteiger partial charge on any atom is 0.198 e. The number of aromatic nitrogens is 6. The molecule has 0 spiro atoms. The zero-order valence-electron chi connectivity index (χ0n) is 85.5. The molecular weight excluding hydrogens is 1480 g/mol. The molecule has 1 saturated carbocycles. The Morgan fingerprint density at radius 2 is 0.900 bits per heavy atom. The molecule has 0 amide bonds. The lowest BCUT2D eigenvalue weighted by Gasteiger charge is -2.24. The summed E-state index contributed by atoms with van der Waals surface area (Å²) in [7, 11) is 0. The van der Waals surface area contributed by atoms with Crippen LogP contribution in [0.1, 0.15) is 450 Å². The lowest BCUT2D eigenvalue weighted by atomic mass is 9.82. The summed E-state index contributed by atoms with van der Waals surface area (Å²) in [6.45, 7) is 84.3. The molecule has 1 fully saturated rings. The van der Waals surface area contributed by atoms with Crippen molar-refractivity contribution in [3.8, 4) is 0 Å². The SMILES string of the molecule is C.CC.CC.CC.CC.CC.CC.CC.CC.CC.CC.CC(C)C1=CCCCC1.CC(C)C1C=CCCC1.CC(C)C1CC=CCC1.CC(C)C1CCCCC1.CC(C)c1ccccc1.CC(C)c1ccccn1.CC(C)c1cccnc1.CC(C)c1nc2ccccc2[nH]1.CC(C)c1nc2ccccc2o1.CC(C)c1nc2ccccc2s1. The summed E-state index contributed by atoms with van der Waals surface area (Å²) >= 11 is 1.79. The van der Waals surface area contributed by atoms with Crippen LogP contribution in [0.4, 0.5) is 0 Å². The average molecular weight is 1680 g/mol. The molecule has 13 rings (SSSR count). The Morgan fingerprint density at radius 3 is 1.26 bits per heavy atom. The number of H-pyrrole nitrogens is 1. The number of hydrogen-bond donors (Lipinski definition) is 1. The Kier molecular flexibility index (Phi) is 96.6.